The molecule has 0 saturated carbocycles. The molecule has 0 unspecified atom stereocenters. The molecule has 0 aliphatic carbocycles. The Balaban J connectivity index is 1.22. The summed E-state index contributed by atoms with van der Waals surface area (Å²) in [6, 6.07) is 74.0. The number of benzene rings is 8. The summed E-state index contributed by atoms with van der Waals surface area (Å²) in [6.07, 6.45) is 6.51. The number of rotatable bonds is 14. The van der Waals surface area contributed by atoms with Crippen molar-refractivity contribution < 1.29 is 0 Å². The van der Waals surface area contributed by atoms with Gasteiger partial charge < -0.3 is 19.6 Å². The van der Waals surface area contributed by atoms with E-state index in [9.17, 15) is 0 Å². The number of allylic oxidation sites excluding steroid dienone is 4. The number of hydrogen-bond donors (Lipinski definition) is 0. The minimum absolute atomic E-state index is 0.963. The SMILES string of the molecule is C/C(=C\C=C/CI)N(c1ccc(N(c2ccc(N(c3ccccc3)c3cccc(C)c3)cc2)c2ccc(N(c3ccccc3)c3cccc(C)c3)cc2)cc1)c1cccc(C)c1. The molecule has 4 nitrogen and oxygen atoms in total. The highest BCUT2D eigenvalue weighted by molar-refractivity contribution is 14.1. The van der Waals surface area contributed by atoms with Gasteiger partial charge in [0.2, 0.25) is 0 Å². The van der Waals surface area contributed by atoms with Gasteiger partial charge in [-0.05, 0) is 184 Å². The summed E-state index contributed by atoms with van der Waals surface area (Å²) in [7, 11) is 0. The van der Waals surface area contributed by atoms with E-state index in [1.165, 1.54) is 16.7 Å². The highest BCUT2D eigenvalue weighted by atomic mass is 127. The van der Waals surface area contributed by atoms with Crippen LogP contribution in [-0.4, -0.2) is 4.43 Å². The van der Waals surface area contributed by atoms with Crippen molar-refractivity contribution in [1.29, 1.82) is 0 Å². The van der Waals surface area contributed by atoms with Crippen LogP contribution in [0.3, 0.4) is 0 Å². The molecule has 0 bridgehead atoms. The summed E-state index contributed by atoms with van der Waals surface area (Å²) in [6.45, 7) is 8.61. The minimum atomic E-state index is 0.963. The van der Waals surface area contributed by atoms with Crippen molar-refractivity contribution in [3.63, 3.8) is 0 Å². The lowest BCUT2D eigenvalue weighted by Crippen LogP contribution is -2.15. The van der Waals surface area contributed by atoms with E-state index in [1.807, 2.05) is 0 Å². The zero-order chi connectivity index (χ0) is 42.8. The molecule has 62 heavy (non-hydrogen) atoms. The molecule has 0 aliphatic heterocycles. The Morgan fingerprint density at radius 3 is 1.05 bits per heavy atom. The topological polar surface area (TPSA) is 13.0 Å². The largest absolute Gasteiger partial charge is 0.315 e. The third-order valence-corrected chi connectivity index (χ3v) is 11.3. The molecule has 8 aromatic carbocycles. The van der Waals surface area contributed by atoms with E-state index in [2.05, 4.69) is 294 Å². The molecule has 8 rings (SSSR count). The van der Waals surface area contributed by atoms with Crippen LogP contribution in [0.4, 0.5) is 62.6 Å². The number of halogens is 1. The summed E-state index contributed by atoms with van der Waals surface area (Å²) in [5.41, 5.74) is 16.8. The summed E-state index contributed by atoms with van der Waals surface area (Å²) < 4.78 is 0.963. The van der Waals surface area contributed by atoms with Crippen LogP contribution in [0.5, 0.6) is 0 Å². The highest BCUT2D eigenvalue weighted by Crippen LogP contribution is 2.42. The molecule has 0 fully saturated rings. The molecule has 0 aromatic heterocycles. The Labute approximate surface area is 381 Å². The number of anilines is 11. The van der Waals surface area contributed by atoms with Crippen LogP contribution in [0, 0.1) is 20.8 Å². The van der Waals surface area contributed by atoms with E-state index in [4.69, 9.17) is 0 Å². The van der Waals surface area contributed by atoms with Gasteiger partial charge in [-0.2, -0.15) is 0 Å². The molecule has 0 amide bonds. The monoisotopic (exact) mass is 918 g/mol. The van der Waals surface area contributed by atoms with E-state index in [0.29, 0.717) is 0 Å². The van der Waals surface area contributed by atoms with Crippen LogP contribution in [0.1, 0.15) is 23.6 Å². The first-order valence-electron chi connectivity index (χ1n) is 21.1. The van der Waals surface area contributed by atoms with Crippen molar-refractivity contribution >= 4 is 85.2 Å². The summed E-state index contributed by atoms with van der Waals surface area (Å²) in [5.74, 6) is 0. The van der Waals surface area contributed by atoms with Crippen molar-refractivity contribution in [3.8, 4) is 0 Å². The van der Waals surface area contributed by atoms with Gasteiger partial charge >= 0.3 is 0 Å². The number of alkyl halides is 1. The van der Waals surface area contributed by atoms with Crippen molar-refractivity contribution in [2.75, 3.05) is 24.0 Å². The maximum Gasteiger partial charge on any atom is 0.0464 e. The highest BCUT2D eigenvalue weighted by Gasteiger charge is 2.19. The van der Waals surface area contributed by atoms with Crippen molar-refractivity contribution in [3.05, 3.63) is 247 Å². The standard InChI is InChI=1S/C57H51IN4/c1-43-16-13-24-55(40-43)59(46(4)19-11-12-39-58)49-27-29-50(30-28-49)60(51-31-35-53(36-32-51)61(47-20-7-5-8-21-47)56-25-14-17-44(2)41-56)52-33-37-54(38-34-52)62(48-22-9-6-10-23-48)57-26-15-18-45(3)42-57/h5-38,40-42H,39H2,1-4H3/b12-11-,46-19+. The fraction of sp³-hybridized carbons (Fsp3) is 0.0877. The van der Waals surface area contributed by atoms with Crippen molar-refractivity contribution in [1.82, 2.24) is 0 Å². The smallest absolute Gasteiger partial charge is 0.0464 e. The number of aryl methyl sites for hydroxylation is 3. The Morgan fingerprint density at radius 1 is 0.371 bits per heavy atom. The van der Waals surface area contributed by atoms with Crippen LogP contribution in [-0.2, 0) is 0 Å². The quantitative estimate of drug-likeness (QED) is 0.0612. The van der Waals surface area contributed by atoms with E-state index in [0.717, 1.165) is 72.7 Å². The minimum Gasteiger partial charge on any atom is -0.315 e. The van der Waals surface area contributed by atoms with Crippen LogP contribution in [0.2, 0.25) is 0 Å². The zero-order valence-corrected chi connectivity index (χ0v) is 37.9. The van der Waals surface area contributed by atoms with Gasteiger partial charge in [0.15, 0.2) is 0 Å². The fourth-order valence-electron chi connectivity index (χ4n) is 7.94. The Bertz CT molecular complexity index is 2630. The van der Waals surface area contributed by atoms with Gasteiger partial charge in [0.25, 0.3) is 0 Å². The van der Waals surface area contributed by atoms with Crippen LogP contribution >= 0.6 is 22.6 Å². The molecule has 0 atom stereocenters. The third-order valence-electron chi connectivity index (χ3n) is 10.8. The van der Waals surface area contributed by atoms with Gasteiger partial charge in [0.1, 0.15) is 0 Å². The van der Waals surface area contributed by atoms with E-state index in [-0.39, 0.29) is 0 Å². The zero-order valence-electron chi connectivity index (χ0n) is 35.7. The van der Waals surface area contributed by atoms with Crippen molar-refractivity contribution in [2.24, 2.45) is 0 Å². The van der Waals surface area contributed by atoms with Gasteiger partial charge in [-0.25, -0.2) is 0 Å². The van der Waals surface area contributed by atoms with Crippen molar-refractivity contribution in [2.45, 2.75) is 27.7 Å². The van der Waals surface area contributed by atoms with Crippen LogP contribution < -0.4 is 19.6 Å². The summed E-state index contributed by atoms with van der Waals surface area (Å²) in [4.78, 5) is 9.31. The van der Waals surface area contributed by atoms with Gasteiger partial charge in [-0.3, -0.25) is 0 Å². The molecule has 5 heteroatoms. The first kappa shape index (κ1) is 41.9. The van der Waals surface area contributed by atoms with Gasteiger partial charge in [-0.15, -0.1) is 0 Å². The molecule has 0 radical (unpaired) electrons. The van der Waals surface area contributed by atoms with E-state index in [1.54, 1.807) is 0 Å². The second-order valence-corrected chi connectivity index (χ2v) is 16.4. The number of nitrogens with zero attached hydrogens (tertiary/aromatic N) is 4. The number of hydrogen-bond acceptors (Lipinski definition) is 4. The maximum absolute atomic E-state index is 2.38. The van der Waals surface area contributed by atoms with E-state index < -0.39 is 0 Å². The normalized spacial score (nSPS) is 11.4. The molecular formula is C57H51IN4. The predicted molar refractivity (Wildman–Crippen MR) is 275 cm³/mol. The molecule has 0 heterocycles. The lowest BCUT2D eigenvalue weighted by molar-refractivity contribution is 1.15. The average molecular weight is 919 g/mol. The van der Waals surface area contributed by atoms with Crippen LogP contribution in [0.25, 0.3) is 0 Å². The molecule has 0 aliphatic rings. The molecule has 0 spiro atoms. The molecular weight excluding hydrogens is 868 g/mol. The third kappa shape index (κ3) is 9.70. The van der Waals surface area contributed by atoms with E-state index >= 15 is 0 Å². The second-order valence-electron chi connectivity index (χ2n) is 15.5. The molecule has 0 N–H and O–H groups in total. The van der Waals surface area contributed by atoms with Gasteiger partial charge in [0.05, 0.1) is 0 Å². The van der Waals surface area contributed by atoms with Gasteiger partial charge in [-0.1, -0.05) is 108 Å². The maximum atomic E-state index is 2.38. The molecule has 306 valence electrons. The predicted octanol–water partition coefficient (Wildman–Crippen LogP) is 17.1. The first-order chi connectivity index (χ1) is 30.4. The molecule has 8 aromatic rings. The Morgan fingerprint density at radius 2 is 0.677 bits per heavy atom. The lowest BCUT2D eigenvalue weighted by Gasteiger charge is -2.30. The number of para-hydroxylation sites is 2. The average Bonchev–Trinajstić information content (AvgIpc) is 3.29. The summed E-state index contributed by atoms with van der Waals surface area (Å²) in [5, 5.41) is 0. The van der Waals surface area contributed by atoms with Crippen LogP contribution in [0.15, 0.2) is 230 Å². The Kier molecular flexibility index (Phi) is 13.3. The second kappa shape index (κ2) is 19.7. The van der Waals surface area contributed by atoms with Gasteiger partial charge in [0, 0.05) is 72.7 Å². The summed E-state index contributed by atoms with van der Waals surface area (Å²) >= 11 is 2.38. The lowest BCUT2D eigenvalue weighted by atomic mass is 10.1. The fourth-order valence-corrected chi connectivity index (χ4v) is 8.23. The molecule has 0 saturated heterocycles. The Hall–Kier alpha value is -6.83. The first-order valence-corrected chi connectivity index (χ1v) is 22.6.